The number of nitrogens with zero attached hydrogens (tertiary/aromatic N) is 3. The van der Waals surface area contributed by atoms with E-state index >= 15 is 0 Å². The lowest BCUT2D eigenvalue weighted by Crippen LogP contribution is -2.47. The normalized spacial score (nSPS) is 21.3. The van der Waals surface area contributed by atoms with Crippen LogP contribution in [0.3, 0.4) is 0 Å². The highest BCUT2D eigenvalue weighted by molar-refractivity contribution is 6.13. The first-order valence-corrected chi connectivity index (χ1v) is 9.13. The molecule has 0 unspecified atom stereocenters. The van der Waals surface area contributed by atoms with E-state index in [2.05, 4.69) is 0 Å². The fourth-order valence-electron chi connectivity index (χ4n) is 3.96. The Balaban J connectivity index is 1.47. The van der Waals surface area contributed by atoms with Gasteiger partial charge in [0.2, 0.25) is 5.91 Å². The first-order valence-electron chi connectivity index (χ1n) is 9.13. The van der Waals surface area contributed by atoms with Gasteiger partial charge in [-0.25, -0.2) is 4.79 Å². The number of amides is 4. The zero-order valence-electron chi connectivity index (χ0n) is 14.3. The zero-order valence-corrected chi connectivity index (χ0v) is 14.3. The molecule has 0 N–H and O–H groups in total. The van der Waals surface area contributed by atoms with Gasteiger partial charge in [-0.2, -0.15) is 0 Å². The van der Waals surface area contributed by atoms with Gasteiger partial charge in [0.1, 0.15) is 13.1 Å². The molecule has 0 bridgehead atoms. The number of hydrogen-bond donors (Lipinski definition) is 0. The van der Waals surface area contributed by atoms with Crippen LogP contribution in [-0.2, 0) is 9.59 Å². The van der Waals surface area contributed by atoms with E-state index in [0.717, 1.165) is 43.4 Å². The molecule has 0 atom stereocenters. The van der Waals surface area contributed by atoms with Crippen molar-refractivity contribution in [2.45, 2.75) is 50.6 Å². The van der Waals surface area contributed by atoms with Gasteiger partial charge in [0.15, 0.2) is 0 Å². The second-order valence-electron chi connectivity index (χ2n) is 7.15. The van der Waals surface area contributed by atoms with Crippen LogP contribution in [0.2, 0.25) is 0 Å². The van der Waals surface area contributed by atoms with Crippen molar-refractivity contribution in [1.82, 2.24) is 9.80 Å². The van der Waals surface area contributed by atoms with Gasteiger partial charge in [-0.1, -0.05) is 31.0 Å². The topological polar surface area (TPSA) is 60.9 Å². The van der Waals surface area contributed by atoms with Crippen molar-refractivity contribution in [3.63, 3.8) is 0 Å². The Morgan fingerprint density at radius 1 is 1.00 bits per heavy atom. The van der Waals surface area contributed by atoms with Gasteiger partial charge < -0.3 is 4.90 Å². The van der Waals surface area contributed by atoms with Gasteiger partial charge in [-0.05, 0) is 37.8 Å². The molecule has 3 aliphatic rings. The monoisotopic (exact) mass is 341 g/mol. The van der Waals surface area contributed by atoms with Crippen molar-refractivity contribution < 1.29 is 14.4 Å². The predicted octanol–water partition coefficient (Wildman–Crippen LogP) is 2.39. The highest BCUT2D eigenvalue weighted by atomic mass is 16.2. The molecule has 3 fully saturated rings. The molecule has 0 radical (unpaired) electrons. The molecule has 132 valence electrons. The molecule has 2 aliphatic carbocycles. The predicted molar refractivity (Wildman–Crippen MR) is 93.0 cm³/mol. The maximum Gasteiger partial charge on any atom is 0.332 e. The second-order valence-corrected chi connectivity index (χ2v) is 7.15. The van der Waals surface area contributed by atoms with E-state index in [9.17, 15) is 14.4 Å². The van der Waals surface area contributed by atoms with E-state index in [-0.39, 0.29) is 30.9 Å². The number of hydrogen-bond acceptors (Lipinski definition) is 3. The number of imide groups is 1. The molecule has 6 heteroatoms. The SMILES string of the molecule is O=C1CN(c2ccccc2)C(=O)N1CC(=O)N(C1CCCC1)C1CC1. The van der Waals surface area contributed by atoms with E-state index in [1.54, 1.807) is 12.1 Å². The lowest BCUT2D eigenvalue weighted by atomic mass is 10.2. The highest BCUT2D eigenvalue weighted by Crippen LogP contribution is 2.34. The summed E-state index contributed by atoms with van der Waals surface area (Å²) in [5.41, 5.74) is 0.686. The Bertz CT molecular complexity index is 680. The summed E-state index contributed by atoms with van der Waals surface area (Å²) in [7, 11) is 0. The molecule has 6 nitrogen and oxygen atoms in total. The molecule has 4 rings (SSSR count). The standard InChI is InChI=1S/C19H23N3O3/c23-17-12-20(14-6-2-1-3-7-14)19(25)21(17)13-18(24)22(16-10-11-16)15-8-4-5-9-15/h1-3,6-7,15-16H,4-5,8-13H2. The Morgan fingerprint density at radius 3 is 2.28 bits per heavy atom. The van der Waals surface area contributed by atoms with Gasteiger partial charge in [0, 0.05) is 17.8 Å². The summed E-state index contributed by atoms with van der Waals surface area (Å²) in [5.74, 6) is -0.379. The molecule has 1 aromatic rings. The molecule has 0 aromatic heterocycles. The lowest BCUT2D eigenvalue weighted by Gasteiger charge is -2.30. The fraction of sp³-hybridized carbons (Fsp3) is 0.526. The van der Waals surface area contributed by atoms with Gasteiger partial charge in [0.25, 0.3) is 5.91 Å². The van der Waals surface area contributed by atoms with Crippen molar-refractivity contribution in [3.8, 4) is 0 Å². The van der Waals surface area contributed by atoms with Crippen LogP contribution in [0.5, 0.6) is 0 Å². The summed E-state index contributed by atoms with van der Waals surface area (Å²) in [6.45, 7) is -0.128. The van der Waals surface area contributed by atoms with Crippen LogP contribution in [0.25, 0.3) is 0 Å². The molecular weight excluding hydrogens is 318 g/mol. The van der Waals surface area contributed by atoms with Crippen LogP contribution >= 0.6 is 0 Å². The van der Waals surface area contributed by atoms with Crippen LogP contribution in [0.1, 0.15) is 38.5 Å². The minimum atomic E-state index is -0.397. The molecule has 1 aliphatic heterocycles. The molecule has 2 saturated carbocycles. The summed E-state index contributed by atoms with van der Waals surface area (Å²) in [6, 6.07) is 9.32. The number of benzene rings is 1. The molecule has 25 heavy (non-hydrogen) atoms. The van der Waals surface area contributed by atoms with Crippen LogP contribution in [0, 0.1) is 0 Å². The van der Waals surface area contributed by atoms with Gasteiger partial charge in [-0.3, -0.25) is 19.4 Å². The van der Waals surface area contributed by atoms with Crippen LogP contribution in [0.4, 0.5) is 10.5 Å². The smallest absolute Gasteiger partial charge is 0.332 e. The third kappa shape index (κ3) is 3.13. The number of para-hydroxylation sites is 1. The van der Waals surface area contributed by atoms with Crippen LogP contribution in [0.15, 0.2) is 30.3 Å². The van der Waals surface area contributed by atoms with Crippen molar-refractivity contribution >= 4 is 23.5 Å². The maximum atomic E-state index is 12.9. The number of carbonyl (C=O) groups excluding carboxylic acids is 3. The average molecular weight is 341 g/mol. The highest BCUT2D eigenvalue weighted by Gasteiger charge is 2.42. The van der Waals surface area contributed by atoms with E-state index < -0.39 is 6.03 Å². The lowest BCUT2D eigenvalue weighted by molar-refractivity contribution is -0.138. The fourth-order valence-corrected chi connectivity index (χ4v) is 3.96. The summed E-state index contributed by atoms with van der Waals surface area (Å²) in [4.78, 5) is 42.3. The van der Waals surface area contributed by atoms with E-state index in [1.807, 2.05) is 23.1 Å². The largest absolute Gasteiger partial charge is 0.335 e. The van der Waals surface area contributed by atoms with Crippen molar-refractivity contribution in [3.05, 3.63) is 30.3 Å². The van der Waals surface area contributed by atoms with Crippen molar-refractivity contribution in [2.75, 3.05) is 18.0 Å². The van der Waals surface area contributed by atoms with E-state index in [1.165, 1.54) is 4.90 Å². The summed E-state index contributed by atoms with van der Waals surface area (Å²) in [5, 5.41) is 0. The first-order chi connectivity index (χ1) is 12.1. The summed E-state index contributed by atoms with van der Waals surface area (Å²) in [6.07, 6.45) is 6.48. The Morgan fingerprint density at radius 2 is 1.64 bits per heavy atom. The van der Waals surface area contributed by atoms with Crippen molar-refractivity contribution in [1.29, 1.82) is 0 Å². The van der Waals surface area contributed by atoms with Gasteiger partial charge in [-0.15, -0.1) is 0 Å². The molecule has 0 spiro atoms. The minimum absolute atomic E-state index is 0.00296. The summed E-state index contributed by atoms with van der Waals surface area (Å²) >= 11 is 0. The third-order valence-corrected chi connectivity index (χ3v) is 5.36. The van der Waals surface area contributed by atoms with Gasteiger partial charge >= 0.3 is 6.03 Å². The van der Waals surface area contributed by atoms with Gasteiger partial charge in [0.05, 0.1) is 0 Å². The third-order valence-electron chi connectivity index (χ3n) is 5.36. The number of anilines is 1. The number of carbonyl (C=O) groups is 3. The Labute approximate surface area is 147 Å². The maximum absolute atomic E-state index is 12.9. The summed E-state index contributed by atoms with van der Waals surface area (Å²) < 4.78 is 0. The quantitative estimate of drug-likeness (QED) is 0.773. The second kappa shape index (κ2) is 6.50. The average Bonchev–Trinajstić information content (AvgIpc) is 3.22. The molecule has 1 aromatic carbocycles. The first kappa shape index (κ1) is 16.1. The molecule has 1 saturated heterocycles. The Kier molecular flexibility index (Phi) is 4.19. The zero-order chi connectivity index (χ0) is 17.4. The number of urea groups is 1. The van der Waals surface area contributed by atoms with E-state index in [0.29, 0.717) is 11.7 Å². The van der Waals surface area contributed by atoms with E-state index in [4.69, 9.17) is 0 Å². The number of rotatable bonds is 5. The molecular formula is C19H23N3O3. The van der Waals surface area contributed by atoms with Crippen molar-refractivity contribution in [2.24, 2.45) is 0 Å². The minimum Gasteiger partial charge on any atom is -0.335 e. The molecule has 1 heterocycles. The Hall–Kier alpha value is -2.37. The molecule has 4 amide bonds. The van der Waals surface area contributed by atoms with Crippen LogP contribution in [-0.4, -0.2) is 52.8 Å². The van der Waals surface area contributed by atoms with Crippen LogP contribution < -0.4 is 4.90 Å².